The highest BCUT2D eigenvalue weighted by atomic mass is 32.2. The number of anilines is 2. The summed E-state index contributed by atoms with van der Waals surface area (Å²) in [6.45, 7) is -0.619. The number of hydrogen-bond donors (Lipinski definition) is 1. The van der Waals surface area contributed by atoms with Gasteiger partial charge in [-0.1, -0.05) is 48.5 Å². The van der Waals surface area contributed by atoms with E-state index in [2.05, 4.69) is 5.43 Å². The van der Waals surface area contributed by atoms with Crippen LogP contribution in [-0.2, 0) is 14.8 Å². The number of nitrogens with one attached hydrogen (secondary N) is 1. The lowest BCUT2D eigenvalue weighted by atomic mass is 10.2. The highest BCUT2D eigenvalue weighted by Gasteiger charge is 2.41. The van der Waals surface area contributed by atoms with Crippen molar-refractivity contribution >= 4 is 33.2 Å². The van der Waals surface area contributed by atoms with Crippen molar-refractivity contribution in [2.45, 2.75) is 4.90 Å². The van der Waals surface area contributed by atoms with Crippen LogP contribution >= 0.6 is 0 Å². The van der Waals surface area contributed by atoms with Crippen LogP contribution in [0, 0.1) is 0 Å². The zero-order valence-electron chi connectivity index (χ0n) is 15.2. The van der Waals surface area contributed by atoms with Gasteiger partial charge in [0.15, 0.2) is 0 Å². The standard InChI is InChI=1S/C21H17N3O4S/c25-20(15-23-21(26)18-13-7-8-14-19(18)29(23,27)28)22-24(16-9-3-1-4-10-16)17-11-5-2-6-12-17/h1-14H,15H2,(H,22,25). The lowest BCUT2D eigenvalue weighted by Crippen LogP contribution is -2.46. The molecule has 0 bridgehead atoms. The van der Waals surface area contributed by atoms with E-state index in [1.54, 1.807) is 41.4 Å². The summed E-state index contributed by atoms with van der Waals surface area (Å²) in [7, 11) is -4.05. The maximum absolute atomic E-state index is 12.7. The minimum Gasteiger partial charge on any atom is -0.271 e. The van der Waals surface area contributed by atoms with Crippen LogP contribution in [0.1, 0.15) is 10.4 Å². The van der Waals surface area contributed by atoms with Gasteiger partial charge in [-0.05, 0) is 36.4 Å². The minimum atomic E-state index is -4.05. The predicted molar refractivity (Wildman–Crippen MR) is 108 cm³/mol. The van der Waals surface area contributed by atoms with Gasteiger partial charge in [-0.2, -0.15) is 0 Å². The molecule has 146 valence electrons. The summed E-state index contributed by atoms with van der Waals surface area (Å²) >= 11 is 0. The van der Waals surface area contributed by atoms with Crippen molar-refractivity contribution in [3.05, 3.63) is 90.5 Å². The third kappa shape index (κ3) is 3.45. The van der Waals surface area contributed by atoms with Crippen molar-refractivity contribution in [3.63, 3.8) is 0 Å². The molecule has 1 N–H and O–H groups in total. The number of carbonyl (C=O) groups excluding carboxylic acids is 2. The summed E-state index contributed by atoms with van der Waals surface area (Å²) in [5.74, 6) is -1.34. The van der Waals surface area contributed by atoms with E-state index < -0.39 is 28.4 Å². The monoisotopic (exact) mass is 407 g/mol. The molecule has 29 heavy (non-hydrogen) atoms. The van der Waals surface area contributed by atoms with Crippen molar-refractivity contribution in [1.82, 2.24) is 9.73 Å². The van der Waals surface area contributed by atoms with Crippen LogP contribution in [0.5, 0.6) is 0 Å². The molecule has 7 nitrogen and oxygen atoms in total. The predicted octanol–water partition coefficient (Wildman–Crippen LogP) is 2.70. The molecule has 4 rings (SSSR count). The average Bonchev–Trinajstić information content (AvgIpc) is 2.94. The molecule has 0 aliphatic carbocycles. The summed E-state index contributed by atoms with van der Waals surface area (Å²) in [5, 5.41) is 1.54. The summed E-state index contributed by atoms with van der Waals surface area (Å²) in [5.41, 5.74) is 4.14. The Hall–Kier alpha value is -3.65. The van der Waals surface area contributed by atoms with Gasteiger partial charge in [0, 0.05) is 0 Å². The van der Waals surface area contributed by atoms with Gasteiger partial charge in [0.2, 0.25) is 0 Å². The molecule has 3 aromatic rings. The van der Waals surface area contributed by atoms with Crippen LogP contribution in [0.15, 0.2) is 89.8 Å². The van der Waals surface area contributed by atoms with E-state index in [0.717, 1.165) is 0 Å². The number of amides is 2. The molecular weight excluding hydrogens is 390 g/mol. The fourth-order valence-electron chi connectivity index (χ4n) is 3.11. The van der Waals surface area contributed by atoms with Crippen LogP contribution < -0.4 is 10.4 Å². The SMILES string of the molecule is O=C(CN1C(=O)c2ccccc2S1(=O)=O)NN(c1ccccc1)c1ccccc1. The van der Waals surface area contributed by atoms with Crippen molar-refractivity contribution < 1.29 is 18.0 Å². The quantitative estimate of drug-likeness (QED) is 0.657. The molecule has 0 spiro atoms. The van der Waals surface area contributed by atoms with E-state index in [1.807, 2.05) is 36.4 Å². The Morgan fingerprint density at radius 2 is 1.34 bits per heavy atom. The average molecular weight is 407 g/mol. The second-order valence-electron chi connectivity index (χ2n) is 6.35. The number of sulfonamides is 1. The number of para-hydroxylation sites is 2. The van der Waals surface area contributed by atoms with Crippen LogP contribution in [-0.4, -0.2) is 31.1 Å². The van der Waals surface area contributed by atoms with Gasteiger partial charge in [0.05, 0.1) is 16.9 Å². The van der Waals surface area contributed by atoms with Crippen molar-refractivity contribution in [1.29, 1.82) is 0 Å². The zero-order valence-corrected chi connectivity index (χ0v) is 16.0. The first kappa shape index (κ1) is 18.7. The molecular formula is C21H17N3O4S. The third-order valence-electron chi connectivity index (χ3n) is 4.46. The molecule has 0 unspecified atom stereocenters. The van der Waals surface area contributed by atoms with Crippen molar-refractivity contribution in [3.8, 4) is 0 Å². The van der Waals surface area contributed by atoms with E-state index in [-0.39, 0.29) is 10.5 Å². The maximum atomic E-state index is 12.7. The molecule has 1 aliphatic heterocycles. The third-order valence-corrected chi connectivity index (χ3v) is 6.25. The van der Waals surface area contributed by atoms with Gasteiger partial charge < -0.3 is 0 Å². The van der Waals surface area contributed by atoms with E-state index >= 15 is 0 Å². The number of nitrogens with zero attached hydrogens (tertiary/aromatic N) is 2. The normalized spacial score (nSPS) is 14.3. The van der Waals surface area contributed by atoms with Crippen LogP contribution in [0.25, 0.3) is 0 Å². The van der Waals surface area contributed by atoms with E-state index in [0.29, 0.717) is 15.7 Å². The Balaban J connectivity index is 1.59. The summed E-state index contributed by atoms with van der Waals surface area (Å²) in [6, 6.07) is 24.1. The number of fused-ring (bicyclic) bond motifs is 1. The highest BCUT2D eigenvalue weighted by molar-refractivity contribution is 7.90. The van der Waals surface area contributed by atoms with Gasteiger partial charge in [-0.3, -0.25) is 20.0 Å². The van der Waals surface area contributed by atoms with Gasteiger partial charge in [0.1, 0.15) is 11.4 Å². The summed E-state index contributed by atoms with van der Waals surface area (Å²) in [4.78, 5) is 25.2. The van der Waals surface area contributed by atoms with Crippen LogP contribution in [0.2, 0.25) is 0 Å². The summed E-state index contributed by atoms with van der Waals surface area (Å²) < 4.78 is 25.9. The first-order valence-corrected chi connectivity index (χ1v) is 10.3. The highest BCUT2D eigenvalue weighted by Crippen LogP contribution is 2.29. The van der Waals surface area contributed by atoms with Crippen molar-refractivity contribution in [2.75, 3.05) is 11.6 Å². The molecule has 1 aliphatic rings. The molecule has 0 radical (unpaired) electrons. The Kier molecular flexibility index (Phi) is 4.77. The topological polar surface area (TPSA) is 86.8 Å². The van der Waals surface area contributed by atoms with Gasteiger partial charge >= 0.3 is 0 Å². The van der Waals surface area contributed by atoms with Crippen molar-refractivity contribution in [2.24, 2.45) is 0 Å². The fourth-order valence-corrected chi connectivity index (χ4v) is 4.64. The molecule has 2 amide bonds. The molecule has 8 heteroatoms. The lowest BCUT2D eigenvalue weighted by Gasteiger charge is -2.26. The largest absolute Gasteiger partial charge is 0.271 e. The van der Waals surface area contributed by atoms with Gasteiger partial charge in [-0.25, -0.2) is 12.7 Å². The molecule has 0 aromatic heterocycles. The number of benzene rings is 3. The number of carbonyl (C=O) groups is 2. The number of rotatable bonds is 5. The maximum Gasteiger partial charge on any atom is 0.269 e. The lowest BCUT2D eigenvalue weighted by molar-refractivity contribution is -0.121. The van der Waals surface area contributed by atoms with Crippen LogP contribution in [0.4, 0.5) is 11.4 Å². The van der Waals surface area contributed by atoms with E-state index in [4.69, 9.17) is 0 Å². The Labute approximate surface area is 168 Å². The van der Waals surface area contributed by atoms with Gasteiger partial charge in [0.25, 0.3) is 21.8 Å². The molecule has 3 aromatic carbocycles. The molecule has 0 saturated carbocycles. The molecule has 0 saturated heterocycles. The first-order chi connectivity index (χ1) is 14.0. The Bertz CT molecular complexity index is 1130. The Morgan fingerprint density at radius 1 is 0.828 bits per heavy atom. The fraction of sp³-hybridized carbons (Fsp3) is 0.0476. The Morgan fingerprint density at radius 3 is 1.90 bits per heavy atom. The first-order valence-electron chi connectivity index (χ1n) is 8.84. The molecule has 1 heterocycles. The van der Waals surface area contributed by atoms with Gasteiger partial charge in [-0.15, -0.1) is 0 Å². The zero-order chi connectivity index (χ0) is 20.4. The second-order valence-corrected chi connectivity index (χ2v) is 8.19. The number of hydrogen-bond acceptors (Lipinski definition) is 5. The summed E-state index contributed by atoms with van der Waals surface area (Å²) in [6.07, 6.45) is 0. The molecule has 0 fully saturated rings. The molecule has 0 atom stereocenters. The second kappa shape index (κ2) is 7.40. The smallest absolute Gasteiger partial charge is 0.269 e. The number of hydrazine groups is 1. The van der Waals surface area contributed by atoms with E-state index in [9.17, 15) is 18.0 Å². The minimum absolute atomic E-state index is 0.0725. The van der Waals surface area contributed by atoms with Crippen LogP contribution in [0.3, 0.4) is 0 Å². The van der Waals surface area contributed by atoms with E-state index in [1.165, 1.54) is 12.1 Å².